The lowest BCUT2D eigenvalue weighted by molar-refractivity contribution is -0.171. The second-order valence-corrected chi connectivity index (χ2v) is 4.20. The molecule has 0 aliphatic heterocycles. The molecule has 0 N–H and O–H groups in total. The van der Waals surface area contributed by atoms with Crippen molar-refractivity contribution in [1.82, 2.24) is 0 Å². The van der Waals surface area contributed by atoms with E-state index < -0.39 is 24.9 Å². The fraction of sp³-hybridized carbons (Fsp3) is 0.875. The van der Waals surface area contributed by atoms with Crippen LogP contribution in [0.15, 0.2) is 0 Å². The van der Waals surface area contributed by atoms with Crippen molar-refractivity contribution in [1.29, 1.82) is 0 Å². The predicted molar refractivity (Wildman–Crippen MR) is 48.2 cm³/mol. The fourth-order valence-electron chi connectivity index (χ4n) is 0.808. The Balaban J connectivity index is 3.83. The van der Waals surface area contributed by atoms with Crippen LogP contribution in [0, 0.1) is 0 Å². The molecule has 90 valence electrons. The summed E-state index contributed by atoms with van der Waals surface area (Å²) in [6.07, 6.45) is -7.55. The standard InChI is InChI=1S/C8H11F5OS/c1-5(14)15-4-2-3-6(9)8(12,13)7(10)11/h6-7H,2-4H2,1H3. The highest BCUT2D eigenvalue weighted by atomic mass is 32.2. The summed E-state index contributed by atoms with van der Waals surface area (Å²) < 4.78 is 60.6. The van der Waals surface area contributed by atoms with Gasteiger partial charge in [-0.1, -0.05) is 11.8 Å². The lowest BCUT2D eigenvalue weighted by Crippen LogP contribution is -2.37. The van der Waals surface area contributed by atoms with Gasteiger partial charge in [-0.15, -0.1) is 0 Å². The number of carbonyl (C=O) groups is 1. The van der Waals surface area contributed by atoms with E-state index in [1.807, 2.05) is 0 Å². The molecule has 0 aromatic carbocycles. The summed E-state index contributed by atoms with van der Waals surface area (Å²) in [6, 6.07) is 0. The van der Waals surface area contributed by atoms with Crippen molar-refractivity contribution >= 4 is 16.9 Å². The van der Waals surface area contributed by atoms with Gasteiger partial charge in [0.25, 0.3) is 0 Å². The zero-order valence-electron chi connectivity index (χ0n) is 7.98. The molecule has 0 saturated carbocycles. The molecule has 0 spiro atoms. The fourth-order valence-corrected chi connectivity index (χ4v) is 1.41. The van der Waals surface area contributed by atoms with Crippen molar-refractivity contribution in [2.75, 3.05) is 5.75 Å². The molecule has 0 fully saturated rings. The van der Waals surface area contributed by atoms with Gasteiger partial charge in [-0.2, -0.15) is 8.78 Å². The molecule has 0 heterocycles. The van der Waals surface area contributed by atoms with Gasteiger partial charge < -0.3 is 0 Å². The maximum absolute atomic E-state index is 12.6. The Bertz CT molecular complexity index is 209. The van der Waals surface area contributed by atoms with Crippen LogP contribution < -0.4 is 0 Å². The van der Waals surface area contributed by atoms with Crippen LogP contribution in [0.4, 0.5) is 22.0 Å². The third kappa shape index (κ3) is 5.34. The van der Waals surface area contributed by atoms with Crippen molar-refractivity contribution < 1.29 is 26.7 Å². The lowest BCUT2D eigenvalue weighted by Gasteiger charge is -2.19. The van der Waals surface area contributed by atoms with Gasteiger partial charge in [0.15, 0.2) is 11.3 Å². The number of rotatable bonds is 6. The molecule has 0 aromatic heterocycles. The summed E-state index contributed by atoms with van der Waals surface area (Å²) in [7, 11) is 0. The molecule has 0 bridgehead atoms. The topological polar surface area (TPSA) is 17.1 Å². The zero-order valence-corrected chi connectivity index (χ0v) is 8.80. The molecule has 1 unspecified atom stereocenters. The number of hydrogen-bond acceptors (Lipinski definition) is 2. The third-order valence-electron chi connectivity index (χ3n) is 1.62. The van der Waals surface area contributed by atoms with E-state index in [-0.39, 0.29) is 17.3 Å². The number of hydrogen-bond donors (Lipinski definition) is 0. The van der Waals surface area contributed by atoms with Crippen LogP contribution in [-0.4, -0.2) is 29.4 Å². The number of halogens is 5. The Morgan fingerprint density at radius 3 is 2.27 bits per heavy atom. The highest BCUT2D eigenvalue weighted by Crippen LogP contribution is 2.31. The first-order valence-corrected chi connectivity index (χ1v) is 5.20. The Morgan fingerprint density at radius 2 is 1.87 bits per heavy atom. The van der Waals surface area contributed by atoms with E-state index in [1.165, 1.54) is 6.92 Å². The molecule has 1 atom stereocenters. The van der Waals surface area contributed by atoms with Gasteiger partial charge in [0.2, 0.25) is 0 Å². The van der Waals surface area contributed by atoms with E-state index in [9.17, 15) is 26.7 Å². The average Bonchev–Trinajstić information content (AvgIpc) is 2.11. The quantitative estimate of drug-likeness (QED) is 0.531. The molecule has 15 heavy (non-hydrogen) atoms. The lowest BCUT2D eigenvalue weighted by atomic mass is 10.1. The van der Waals surface area contributed by atoms with E-state index in [0.717, 1.165) is 11.8 Å². The molecule has 0 amide bonds. The van der Waals surface area contributed by atoms with Crippen LogP contribution in [-0.2, 0) is 4.79 Å². The number of carbonyl (C=O) groups excluding carboxylic acids is 1. The largest absolute Gasteiger partial charge is 0.337 e. The maximum Gasteiger partial charge on any atom is 0.337 e. The van der Waals surface area contributed by atoms with Gasteiger partial charge in [0.05, 0.1) is 0 Å². The highest BCUT2D eigenvalue weighted by molar-refractivity contribution is 8.13. The summed E-state index contributed by atoms with van der Waals surface area (Å²) in [4.78, 5) is 10.4. The molecular formula is C8H11F5OS. The third-order valence-corrected chi connectivity index (χ3v) is 2.52. The van der Waals surface area contributed by atoms with E-state index in [2.05, 4.69) is 0 Å². The van der Waals surface area contributed by atoms with Crippen LogP contribution in [0.3, 0.4) is 0 Å². The Labute approximate surface area is 88.4 Å². The van der Waals surface area contributed by atoms with E-state index >= 15 is 0 Å². The molecule has 7 heteroatoms. The molecule has 0 aliphatic carbocycles. The second-order valence-electron chi connectivity index (χ2n) is 2.93. The summed E-state index contributed by atoms with van der Waals surface area (Å²) in [5.74, 6) is -4.43. The summed E-state index contributed by atoms with van der Waals surface area (Å²) in [5.41, 5.74) is 0. The van der Waals surface area contributed by atoms with E-state index in [0.29, 0.717) is 0 Å². The minimum Gasteiger partial charge on any atom is -0.288 e. The minimum atomic E-state index is -4.60. The van der Waals surface area contributed by atoms with Crippen molar-refractivity contribution in [3.05, 3.63) is 0 Å². The number of thioether (sulfide) groups is 1. The van der Waals surface area contributed by atoms with Gasteiger partial charge in [-0.05, 0) is 12.8 Å². The highest BCUT2D eigenvalue weighted by Gasteiger charge is 2.48. The Hall–Kier alpha value is -0.330. The summed E-state index contributed by atoms with van der Waals surface area (Å²) >= 11 is 0.854. The molecule has 0 aromatic rings. The van der Waals surface area contributed by atoms with Crippen LogP contribution in [0.25, 0.3) is 0 Å². The van der Waals surface area contributed by atoms with Crippen molar-refractivity contribution in [2.24, 2.45) is 0 Å². The van der Waals surface area contributed by atoms with Crippen LogP contribution >= 0.6 is 11.8 Å². The zero-order chi connectivity index (χ0) is 12.1. The Kier molecular flexibility index (Phi) is 6.16. The van der Waals surface area contributed by atoms with Gasteiger partial charge in [0, 0.05) is 12.7 Å². The molecule has 1 nitrogen and oxygen atoms in total. The van der Waals surface area contributed by atoms with Crippen LogP contribution in [0.5, 0.6) is 0 Å². The summed E-state index contributed by atoms with van der Waals surface area (Å²) in [5, 5.41) is -0.217. The normalized spacial score (nSPS) is 14.3. The first-order valence-electron chi connectivity index (χ1n) is 4.22. The molecular weight excluding hydrogens is 239 g/mol. The summed E-state index contributed by atoms with van der Waals surface area (Å²) in [6.45, 7) is 1.28. The van der Waals surface area contributed by atoms with Crippen molar-refractivity contribution in [3.63, 3.8) is 0 Å². The molecule has 0 radical (unpaired) electrons. The van der Waals surface area contributed by atoms with E-state index in [1.54, 1.807) is 0 Å². The van der Waals surface area contributed by atoms with Gasteiger partial charge in [0.1, 0.15) is 0 Å². The van der Waals surface area contributed by atoms with Crippen LogP contribution in [0.1, 0.15) is 19.8 Å². The number of alkyl halides is 5. The predicted octanol–water partition coefficient (Wildman–Crippen LogP) is 3.28. The SMILES string of the molecule is CC(=O)SCCCC(F)C(F)(F)C(F)F. The van der Waals surface area contributed by atoms with Crippen LogP contribution in [0.2, 0.25) is 0 Å². The smallest absolute Gasteiger partial charge is 0.288 e. The maximum atomic E-state index is 12.6. The van der Waals surface area contributed by atoms with Gasteiger partial charge in [-0.25, -0.2) is 13.2 Å². The minimum absolute atomic E-state index is 0.0340. The van der Waals surface area contributed by atoms with Crippen molar-refractivity contribution in [3.8, 4) is 0 Å². The Morgan fingerprint density at radius 1 is 1.33 bits per heavy atom. The van der Waals surface area contributed by atoms with Crippen molar-refractivity contribution in [2.45, 2.75) is 38.3 Å². The molecule has 0 saturated heterocycles. The van der Waals surface area contributed by atoms with E-state index in [4.69, 9.17) is 0 Å². The molecule has 0 rings (SSSR count). The molecule has 0 aliphatic rings. The average molecular weight is 250 g/mol. The van der Waals surface area contributed by atoms with Gasteiger partial charge >= 0.3 is 12.3 Å². The second kappa shape index (κ2) is 6.30. The first-order chi connectivity index (χ1) is 6.78. The van der Waals surface area contributed by atoms with Gasteiger partial charge in [-0.3, -0.25) is 4.79 Å². The monoisotopic (exact) mass is 250 g/mol. The first kappa shape index (κ1) is 14.7.